The van der Waals surface area contributed by atoms with Gasteiger partial charge in [0, 0.05) is 12.8 Å². The lowest BCUT2D eigenvalue weighted by Crippen LogP contribution is -2.13. The van der Waals surface area contributed by atoms with Crippen molar-refractivity contribution in [2.24, 2.45) is 5.92 Å². The number of nitrogens with zero attached hydrogens (tertiary/aromatic N) is 2. The molecule has 0 spiro atoms. The molecule has 5 heteroatoms. The fraction of sp³-hybridized carbons (Fsp3) is 0.600. The summed E-state index contributed by atoms with van der Waals surface area (Å²) in [4.78, 5) is 4.03. The Morgan fingerprint density at radius 3 is 3.27 bits per heavy atom. The molecule has 1 fully saturated rings. The summed E-state index contributed by atoms with van der Waals surface area (Å²) < 4.78 is 7.65. The van der Waals surface area contributed by atoms with Gasteiger partial charge in [0.1, 0.15) is 6.10 Å². The van der Waals surface area contributed by atoms with Gasteiger partial charge in [0.15, 0.2) is 5.49 Å². The SMILES string of the molecule is N=c1ccn2c(n1)O[C@H]1C[C@@H](CO)C[C@H]12. The second-order valence-corrected chi connectivity index (χ2v) is 4.25. The van der Waals surface area contributed by atoms with E-state index in [0.29, 0.717) is 18.0 Å². The van der Waals surface area contributed by atoms with E-state index in [0.717, 1.165) is 12.8 Å². The van der Waals surface area contributed by atoms with Crippen LogP contribution in [0.3, 0.4) is 0 Å². The Kier molecular flexibility index (Phi) is 1.82. The highest BCUT2D eigenvalue weighted by atomic mass is 16.5. The monoisotopic (exact) mass is 207 g/mol. The molecule has 1 aromatic heterocycles. The molecule has 0 bridgehead atoms. The van der Waals surface area contributed by atoms with E-state index in [-0.39, 0.29) is 18.2 Å². The Labute approximate surface area is 86.9 Å². The van der Waals surface area contributed by atoms with Crippen molar-refractivity contribution in [3.05, 3.63) is 17.8 Å². The van der Waals surface area contributed by atoms with Gasteiger partial charge in [-0.3, -0.25) is 9.98 Å². The van der Waals surface area contributed by atoms with Crippen LogP contribution in [-0.2, 0) is 0 Å². The molecule has 2 heterocycles. The van der Waals surface area contributed by atoms with E-state index < -0.39 is 0 Å². The van der Waals surface area contributed by atoms with Crippen LogP contribution in [-0.4, -0.2) is 27.4 Å². The Morgan fingerprint density at radius 2 is 2.47 bits per heavy atom. The smallest absolute Gasteiger partial charge is 0.298 e. The summed E-state index contributed by atoms with van der Waals surface area (Å²) in [5.41, 5.74) is 0.236. The summed E-state index contributed by atoms with van der Waals surface area (Å²) in [6, 6.07) is 2.51. The van der Waals surface area contributed by atoms with Crippen molar-refractivity contribution in [3.8, 4) is 6.01 Å². The number of aliphatic hydroxyl groups is 1. The summed E-state index contributed by atoms with van der Waals surface area (Å²) in [6.45, 7) is 0.232. The van der Waals surface area contributed by atoms with Gasteiger partial charge in [0.25, 0.3) is 6.01 Å². The fourth-order valence-electron chi connectivity index (χ4n) is 2.53. The van der Waals surface area contributed by atoms with Gasteiger partial charge < -0.3 is 9.84 Å². The average molecular weight is 207 g/mol. The predicted molar refractivity (Wildman–Crippen MR) is 51.3 cm³/mol. The normalized spacial score (nSPS) is 32.2. The molecule has 1 saturated carbocycles. The highest BCUT2D eigenvalue weighted by Crippen LogP contribution is 2.42. The molecule has 0 saturated heterocycles. The van der Waals surface area contributed by atoms with Gasteiger partial charge in [-0.25, -0.2) is 0 Å². The molecule has 1 aliphatic heterocycles. The van der Waals surface area contributed by atoms with Crippen LogP contribution in [0.15, 0.2) is 12.3 Å². The molecular weight excluding hydrogens is 194 g/mol. The third-order valence-corrected chi connectivity index (χ3v) is 3.27. The van der Waals surface area contributed by atoms with Crippen molar-refractivity contribution < 1.29 is 9.84 Å². The second-order valence-electron chi connectivity index (χ2n) is 4.25. The van der Waals surface area contributed by atoms with Gasteiger partial charge >= 0.3 is 0 Å². The number of aromatic nitrogens is 2. The number of fused-ring (bicyclic) bond motifs is 3. The first kappa shape index (κ1) is 8.91. The topological polar surface area (TPSA) is 71.1 Å². The van der Waals surface area contributed by atoms with Crippen LogP contribution in [0.5, 0.6) is 6.01 Å². The van der Waals surface area contributed by atoms with Crippen molar-refractivity contribution in [2.75, 3.05) is 6.61 Å². The second kappa shape index (κ2) is 3.06. The molecule has 0 unspecified atom stereocenters. The zero-order valence-corrected chi connectivity index (χ0v) is 8.26. The molecule has 80 valence electrons. The van der Waals surface area contributed by atoms with Crippen molar-refractivity contribution in [1.29, 1.82) is 5.41 Å². The van der Waals surface area contributed by atoms with Gasteiger partial charge in [-0.2, -0.15) is 4.98 Å². The van der Waals surface area contributed by atoms with Gasteiger partial charge in [0.2, 0.25) is 0 Å². The average Bonchev–Trinajstić information content (AvgIpc) is 2.73. The van der Waals surface area contributed by atoms with Gasteiger partial charge in [-0.15, -0.1) is 0 Å². The van der Waals surface area contributed by atoms with Crippen molar-refractivity contribution in [1.82, 2.24) is 9.55 Å². The van der Waals surface area contributed by atoms with Crippen LogP contribution in [0, 0.1) is 11.3 Å². The Bertz CT molecular complexity index is 443. The van der Waals surface area contributed by atoms with Crippen LogP contribution < -0.4 is 10.2 Å². The first-order chi connectivity index (χ1) is 7.28. The van der Waals surface area contributed by atoms with E-state index in [1.54, 1.807) is 6.07 Å². The molecular formula is C10H13N3O2. The van der Waals surface area contributed by atoms with E-state index in [9.17, 15) is 0 Å². The number of rotatable bonds is 1. The number of ether oxygens (including phenoxy) is 1. The van der Waals surface area contributed by atoms with E-state index >= 15 is 0 Å². The van der Waals surface area contributed by atoms with E-state index in [1.807, 2.05) is 10.8 Å². The molecule has 5 nitrogen and oxygen atoms in total. The lowest BCUT2D eigenvalue weighted by molar-refractivity contribution is 0.187. The Morgan fingerprint density at radius 1 is 1.60 bits per heavy atom. The molecule has 2 aliphatic rings. The molecule has 1 aromatic rings. The minimum absolute atomic E-state index is 0.136. The van der Waals surface area contributed by atoms with Crippen molar-refractivity contribution in [2.45, 2.75) is 25.0 Å². The summed E-state index contributed by atoms with van der Waals surface area (Å²) in [5.74, 6) is 0.344. The van der Waals surface area contributed by atoms with E-state index in [4.69, 9.17) is 15.3 Å². The summed E-state index contributed by atoms with van der Waals surface area (Å²) in [7, 11) is 0. The first-order valence-electron chi connectivity index (χ1n) is 5.19. The third kappa shape index (κ3) is 1.26. The number of hydrogen-bond donors (Lipinski definition) is 2. The van der Waals surface area contributed by atoms with Crippen molar-refractivity contribution in [3.63, 3.8) is 0 Å². The Balaban J connectivity index is 1.96. The van der Waals surface area contributed by atoms with Crippen molar-refractivity contribution >= 4 is 0 Å². The molecule has 3 atom stereocenters. The lowest BCUT2D eigenvalue weighted by atomic mass is 10.1. The maximum absolute atomic E-state index is 9.10. The van der Waals surface area contributed by atoms with Gasteiger partial charge in [-0.1, -0.05) is 0 Å². The lowest BCUT2D eigenvalue weighted by Gasteiger charge is -2.09. The van der Waals surface area contributed by atoms with Crippen LogP contribution >= 0.6 is 0 Å². The van der Waals surface area contributed by atoms with E-state index in [1.165, 1.54) is 0 Å². The third-order valence-electron chi connectivity index (χ3n) is 3.27. The van der Waals surface area contributed by atoms with Crippen LogP contribution in [0.2, 0.25) is 0 Å². The van der Waals surface area contributed by atoms with Crippen LogP contribution in [0.1, 0.15) is 18.9 Å². The summed E-state index contributed by atoms with van der Waals surface area (Å²) >= 11 is 0. The largest absolute Gasteiger partial charge is 0.459 e. The maximum Gasteiger partial charge on any atom is 0.298 e. The highest BCUT2D eigenvalue weighted by molar-refractivity contribution is 5.10. The number of hydrogen-bond acceptors (Lipinski definition) is 4. The number of aliphatic hydroxyl groups excluding tert-OH is 1. The fourth-order valence-corrected chi connectivity index (χ4v) is 2.53. The van der Waals surface area contributed by atoms with Gasteiger partial charge in [0.05, 0.1) is 6.04 Å². The zero-order chi connectivity index (χ0) is 10.4. The van der Waals surface area contributed by atoms with Crippen LogP contribution in [0.4, 0.5) is 0 Å². The molecule has 0 radical (unpaired) electrons. The van der Waals surface area contributed by atoms with E-state index in [2.05, 4.69) is 4.98 Å². The summed E-state index contributed by atoms with van der Waals surface area (Å²) in [6.07, 6.45) is 3.82. The zero-order valence-electron chi connectivity index (χ0n) is 8.26. The number of nitrogens with one attached hydrogen (secondary N) is 1. The molecule has 0 aromatic carbocycles. The van der Waals surface area contributed by atoms with Crippen LogP contribution in [0.25, 0.3) is 0 Å². The maximum atomic E-state index is 9.10. The molecule has 15 heavy (non-hydrogen) atoms. The molecule has 2 N–H and O–H groups in total. The summed E-state index contributed by atoms with van der Waals surface area (Å²) in [5, 5.41) is 16.5. The molecule has 1 aliphatic carbocycles. The minimum atomic E-state index is 0.136. The van der Waals surface area contributed by atoms with Gasteiger partial charge in [-0.05, 0) is 24.8 Å². The minimum Gasteiger partial charge on any atom is -0.459 e. The highest BCUT2D eigenvalue weighted by Gasteiger charge is 2.42. The molecule has 0 amide bonds. The quantitative estimate of drug-likeness (QED) is 0.684. The first-order valence-corrected chi connectivity index (χ1v) is 5.19. The Hall–Kier alpha value is -1.36. The molecule has 3 rings (SSSR count). The predicted octanol–water partition coefficient (Wildman–Crippen LogP) is 0.0670. The standard InChI is InChI=1S/C10H13N3O2/c11-9-1-2-13-7-3-6(5-14)4-8(7)15-10(13)12-9/h1-2,6-8,11,14H,3-5H2/t6-,7+,8-/m0/s1.